The van der Waals surface area contributed by atoms with Gasteiger partial charge in [0.25, 0.3) is 0 Å². The van der Waals surface area contributed by atoms with Gasteiger partial charge in [-0.05, 0) is 36.1 Å². The lowest BCUT2D eigenvalue weighted by molar-refractivity contribution is -0.129. The zero-order chi connectivity index (χ0) is 17.2. The zero-order valence-corrected chi connectivity index (χ0v) is 15.1. The number of hydrogen-bond acceptors (Lipinski definition) is 3. The zero-order valence-electron chi connectivity index (χ0n) is 14.3. The summed E-state index contributed by atoms with van der Waals surface area (Å²) in [6.45, 7) is 3.64. The summed E-state index contributed by atoms with van der Waals surface area (Å²) in [5.41, 5.74) is 5.85. The summed E-state index contributed by atoms with van der Waals surface area (Å²) in [5, 5.41) is 0. The molecule has 0 radical (unpaired) electrons. The van der Waals surface area contributed by atoms with Gasteiger partial charge in [-0.15, -0.1) is 11.8 Å². The van der Waals surface area contributed by atoms with Gasteiger partial charge in [0.2, 0.25) is 5.91 Å². The molecule has 5 heteroatoms. The summed E-state index contributed by atoms with van der Waals surface area (Å²) in [5.74, 6) is 1.49. The minimum atomic E-state index is 0.221. The van der Waals surface area contributed by atoms with Crippen LogP contribution in [-0.4, -0.2) is 32.5 Å². The maximum absolute atomic E-state index is 12.5. The highest BCUT2D eigenvalue weighted by Gasteiger charge is 2.20. The predicted molar refractivity (Wildman–Crippen MR) is 102 cm³/mol. The van der Waals surface area contributed by atoms with Crippen molar-refractivity contribution in [2.45, 2.75) is 25.6 Å². The van der Waals surface area contributed by atoms with Crippen LogP contribution in [-0.2, 0) is 23.5 Å². The number of pyridine rings is 1. The van der Waals surface area contributed by atoms with Crippen molar-refractivity contribution in [3.63, 3.8) is 0 Å². The number of amides is 1. The normalized spacial score (nSPS) is 13.9. The third-order valence-corrected chi connectivity index (χ3v) is 5.56. The Morgan fingerprint density at radius 2 is 2.00 bits per heavy atom. The van der Waals surface area contributed by atoms with Gasteiger partial charge >= 0.3 is 0 Å². The molecule has 128 valence electrons. The van der Waals surface area contributed by atoms with Gasteiger partial charge in [-0.2, -0.15) is 0 Å². The number of imidazole rings is 1. The second-order valence-corrected chi connectivity index (χ2v) is 7.52. The average Bonchev–Trinajstić information content (AvgIpc) is 3.03. The van der Waals surface area contributed by atoms with E-state index in [1.807, 2.05) is 17.0 Å². The van der Waals surface area contributed by atoms with Gasteiger partial charge in [0.1, 0.15) is 5.65 Å². The van der Waals surface area contributed by atoms with E-state index in [0.29, 0.717) is 5.75 Å². The molecule has 3 aromatic rings. The SMILES string of the molecule is Cc1ccc2nc(CSCC(=O)N3CCc4ccccc4C3)cn2c1. The van der Waals surface area contributed by atoms with Crippen LogP contribution in [0.3, 0.4) is 0 Å². The summed E-state index contributed by atoms with van der Waals surface area (Å²) in [6.07, 6.45) is 5.09. The lowest BCUT2D eigenvalue weighted by Gasteiger charge is -2.28. The van der Waals surface area contributed by atoms with Gasteiger partial charge < -0.3 is 9.30 Å². The molecule has 3 heterocycles. The largest absolute Gasteiger partial charge is 0.337 e. The Bertz CT molecular complexity index is 918. The van der Waals surface area contributed by atoms with Crippen molar-refractivity contribution < 1.29 is 4.79 Å². The molecule has 0 saturated carbocycles. The lowest BCUT2D eigenvalue weighted by atomic mass is 10.00. The van der Waals surface area contributed by atoms with Crippen LogP contribution in [0.5, 0.6) is 0 Å². The number of benzene rings is 1. The summed E-state index contributed by atoms with van der Waals surface area (Å²) in [4.78, 5) is 19.1. The van der Waals surface area contributed by atoms with E-state index in [-0.39, 0.29) is 5.91 Å². The van der Waals surface area contributed by atoms with E-state index in [2.05, 4.69) is 53.0 Å². The summed E-state index contributed by atoms with van der Waals surface area (Å²) in [6, 6.07) is 12.5. The standard InChI is InChI=1S/C20H21N3OS/c1-15-6-7-19-21-18(12-23(19)10-15)13-25-14-20(24)22-9-8-16-4-2-3-5-17(16)11-22/h2-7,10,12H,8-9,11,13-14H2,1H3. The fourth-order valence-electron chi connectivity index (χ4n) is 3.27. The second kappa shape index (κ2) is 6.92. The first-order valence-corrected chi connectivity index (χ1v) is 9.71. The molecule has 0 spiro atoms. The number of carbonyl (C=O) groups is 1. The molecule has 0 aliphatic carbocycles. The van der Waals surface area contributed by atoms with Crippen molar-refractivity contribution >= 4 is 23.3 Å². The first-order valence-electron chi connectivity index (χ1n) is 8.55. The Morgan fingerprint density at radius 3 is 2.88 bits per heavy atom. The first kappa shape index (κ1) is 16.2. The van der Waals surface area contributed by atoms with Crippen molar-refractivity contribution in [3.8, 4) is 0 Å². The minimum absolute atomic E-state index is 0.221. The summed E-state index contributed by atoms with van der Waals surface area (Å²) >= 11 is 1.64. The van der Waals surface area contributed by atoms with E-state index in [9.17, 15) is 4.79 Å². The summed E-state index contributed by atoms with van der Waals surface area (Å²) in [7, 11) is 0. The Balaban J connectivity index is 1.33. The molecule has 1 aromatic carbocycles. The van der Waals surface area contributed by atoms with Crippen molar-refractivity contribution in [2.75, 3.05) is 12.3 Å². The Kier molecular flexibility index (Phi) is 4.49. The molecule has 0 N–H and O–H groups in total. The Hall–Kier alpha value is -2.27. The van der Waals surface area contributed by atoms with E-state index in [4.69, 9.17) is 0 Å². The molecule has 25 heavy (non-hydrogen) atoms. The third kappa shape index (κ3) is 3.56. The van der Waals surface area contributed by atoms with Crippen LogP contribution >= 0.6 is 11.8 Å². The monoisotopic (exact) mass is 351 g/mol. The van der Waals surface area contributed by atoms with Gasteiger partial charge in [0, 0.05) is 31.2 Å². The molecule has 0 atom stereocenters. The van der Waals surface area contributed by atoms with Crippen LogP contribution < -0.4 is 0 Å². The van der Waals surface area contributed by atoms with Crippen molar-refractivity contribution in [2.24, 2.45) is 0 Å². The predicted octanol–water partition coefficient (Wildman–Crippen LogP) is 3.46. The van der Waals surface area contributed by atoms with Crippen molar-refractivity contribution in [3.05, 3.63) is 71.2 Å². The molecule has 0 bridgehead atoms. The van der Waals surface area contributed by atoms with E-state index in [1.165, 1.54) is 16.7 Å². The number of aromatic nitrogens is 2. The average molecular weight is 351 g/mol. The highest BCUT2D eigenvalue weighted by molar-refractivity contribution is 7.99. The molecule has 0 fully saturated rings. The number of aryl methyl sites for hydroxylation is 1. The smallest absolute Gasteiger partial charge is 0.232 e. The van der Waals surface area contributed by atoms with Crippen LogP contribution in [0.2, 0.25) is 0 Å². The van der Waals surface area contributed by atoms with E-state index in [1.54, 1.807) is 11.8 Å². The van der Waals surface area contributed by atoms with Crippen LogP contribution in [0.15, 0.2) is 48.8 Å². The maximum atomic E-state index is 12.5. The van der Waals surface area contributed by atoms with Crippen LogP contribution in [0.25, 0.3) is 5.65 Å². The maximum Gasteiger partial charge on any atom is 0.232 e. The molecule has 0 saturated heterocycles. The van der Waals surface area contributed by atoms with E-state index in [0.717, 1.165) is 36.6 Å². The topological polar surface area (TPSA) is 37.6 Å². The number of rotatable bonds is 4. The van der Waals surface area contributed by atoms with E-state index < -0.39 is 0 Å². The highest BCUT2D eigenvalue weighted by Crippen LogP contribution is 2.20. The molecule has 1 amide bonds. The Labute approximate surface area is 151 Å². The molecule has 2 aromatic heterocycles. The molecular weight excluding hydrogens is 330 g/mol. The van der Waals surface area contributed by atoms with Gasteiger partial charge in [0.15, 0.2) is 0 Å². The number of hydrogen-bond donors (Lipinski definition) is 0. The quantitative estimate of drug-likeness (QED) is 0.722. The molecule has 1 aliphatic rings. The Morgan fingerprint density at radius 1 is 1.16 bits per heavy atom. The second-order valence-electron chi connectivity index (χ2n) is 6.53. The van der Waals surface area contributed by atoms with Crippen LogP contribution in [0.4, 0.5) is 0 Å². The van der Waals surface area contributed by atoms with Crippen LogP contribution in [0, 0.1) is 6.92 Å². The number of thioether (sulfide) groups is 1. The number of carbonyl (C=O) groups excluding carboxylic acids is 1. The van der Waals surface area contributed by atoms with Crippen molar-refractivity contribution in [1.29, 1.82) is 0 Å². The molecule has 4 rings (SSSR count). The summed E-state index contributed by atoms with van der Waals surface area (Å²) < 4.78 is 2.05. The van der Waals surface area contributed by atoms with E-state index >= 15 is 0 Å². The third-order valence-electron chi connectivity index (χ3n) is 4.61. The van der Waals surface area contributed by atoms with Gasteiger partial charge in [0.05, 0.1) is 11.4 Å². The van der Waals surface area contributed by atoms with Gasteiger partial charge in [-0.1, -0.05) is 30.3 Å². The molecule has 0 unspecified atom stereocenters. The van der Waals surface area contributed by atoms with Gasteiger partial charge in [-0.25, -0.2) is 4.98 Å². The fraction of sp³-hybridized carbons (Fsp3) is 0.300. The van der Waals surface area contributed by atoms with Gasteiger partial charge in [-0.3, -0.25) is 4.79 Å². The van der Waals surface area contributed by atoms with Crippen molar-refractivity contribution in [1.82, 2.24) is 14.3 Å². The van der Waals surface area contributed by atoms with Crippen LogP contribution in [0.1, 0.15) is 22.4 Å². The lowest BCUT2D eigenvalue weighted by Crippen LogP contribution is -2.37. The molecule has 1 aliphatic heterocycles. The molecular formula is C20H21N3OS. The first-order chi connectivity index (χ1) is 12.2. The fourth-order valence-corrected chi connectivity index (χ4v) is 4.08. The number of fused-ring (bicyclic) bond motifs is 2. The molecule has 4 nitrogen and oxygen atoms in total. The highest BCUT2D eigenvalue weighted by atomic mass is 32.2. The number of nitrogens with zero attached hydrogens (tertiary/aromatic N) is 3. The minimum Gasteiger partial charge on any atom is -0.337 e.